The number of amides is 2. The molecule has 2 unspecified atom stereocenters. The Kier molecular flexibility index (Phi) is 7.21. The van der Waals surface area contributed by atoms with Gasteiger partial charge in [0.2, 0.25) is 0 Å². The molecule has 0 fully saturated rings. The fourth-order valence-electron chi connectivity index (χ4n) is 4.61. The highest BCUT2D eigenvalue weighted by molar-refractivity contribution is 5.97. The maximum Gasteiger partial charge on any atom is 0.288 e. The van der Waals surface area contributed by atoms with Crippen molar-refractivity contribution in [2.24, 2.45) is 0 Å². The minimum Gasteiger partial charge on any atom is -0.348 e. The molecule has 2 atom stereocenters. The molecule has 2 amide bonds. The van der Waals surface area contributed by atoms with Crippen LogP contribution in [-0.4, -0.2) is 47.1 Å². The zero-order valence-corrected chi connectivity index (χ0v) is 21.6. The van der Waals surface area contributed by atoms with Crippen LogP contribution in [0.4, 0.5) is 13.2 Å². The number of ether oxygens (including phenoxy) is 2. The van der Waals surface area contributed by atoms with E-state index in [0.29, 0.717) is 12.1 Å². The lowest BCUT2D eigenvalue weighted by molar-refractivity contribution is -0.209. The lowest BCUT2D eigenvalue weighted by atomic mass is 10.1. The van der Waals surface area contributed by atoms with E-state index in [1.54, 1.807) is 24.1 Å². The summed E-state index contributed by atoms with van der Waals surface area (Å²) >= 11 is 0. The van der Waals surface area contributed by atoms with E-state index in [4.69, 9.17) is 9.47 Å². The van der Waals surface area contributed by atoms with Gasteiger partial charge in [-0.05, 0) is 18.6 Å². The Hall–Kier alpha value is -4.42. The first kappa shape index (κ1) is 27.2. The number of nitrogens with one attached hydrogen (secondary N) is 1. The molecule has 2 aliphatic heterocycles. The van der Waals surface area contributed by atoms with Gasteiger partial charge in [0.05, 0.1) is 6.61 Å². The van der Waals surface area contributed by atoms with E-state index in [2.05, 4.69) is 5.32 Å². The van der Waals surface area contributed by atoms with Gasteiger partial charge in [-0.1, -0.05) is 36.4 Å². The quantitative estimate of drug-likeness (QED) is 0.357. The molecule has 40 heavy (non-hydrogen) atoms. The molecule has 208 valence electrons. The predicted molar refractivity (Wildman–Crippen MR) is 137 cm³/mol. The molecule has 1 N–H and O–H groups in total. The van der Waals surface area contributed by atoms with E-state index in [1.807, 2.05) is 30.3 Å². The highest BCUT2D eigenvalue weighted by Crippen LogP contribution is 2.30. The first-order valence-electron chi connectivity index (χ1n) is 12.3. The Balaban J connectivity index is 1.51. The molecule has 12 heteroatoms. The first-order chi connectivity index (χ1) is 19.1. The summed E-state index contributed by atoms with van der Waals surface area (Å²) < 4.78 is 54.8. The van der Waals surface area contributed by atoms with Gasteiger partial charge in [-0.15, -0.1) is 0 Å². The van der Waals surface area contributed by atoms with Gasteiger partial charge in [0, 0.05) is 49.7 Å². The SMILES string of the molecule is COC1(OCc2ccccc2)C=CC(C)N2CN1n1cc(C(=O)NCc3c(F)cc(F)cc3F)c(=O)cc1C2=O. The third kappa shape index (κ3) is 4.87. The standard InChI is InChI=1S/C28H25F3N4O5/c1-17-8-9-28(39-2,40-15-18-6-4-3-5-7-18)35-16-33(17)27(38)24-12-25(36)21(14-34(24)35)26(37)32-13-20-22(30)10-19(29)11-23(20)31/h3-12,14,17H,13,15-16H2,1-2H3,(H,32,37). The summed E-state index contributed by atoms with van der Waals surface area (Å²) in [5.74, 6) is -6.42. The summed E-state index contributed by atoms with van der Waals surface area (Å²) in [5.41, 5.74) is -0.939. The number of halogens is 3. The summed E-state index contributed by atoms with van der Waals surface area (Å²) in [6.45, 7) is 1.28. The Morgan fingerprint density at radius 2 is 1.80 bits per heavy atom. The van der Waals surface area contributed by atoms with Crippen LogP contribution in [0.15, 0.2) is 71.7 Å². The van der Waals surface area contributed by atoms with Gasteiger partial charge in [-0.2, -0.15) is 0 Å². The second kappa shape index (κ2) is 10.6. The topological polar surface area (TPSA) is 93.1 Å². The van der Waals surface area contributed by atoms with Crippen molar-refractivity contribution in [3.05, 3.63) is 117 Å². The van der Waals surface area contributed by atoms with E-state index in [9.17, 15) is 27.6 Å². The largest absolute Gasteiger partial charge is 0.348 e. The Bertz CT molecular complexity index is 1540. The molecule has 5 rings (SSSR count). The number of methoxy groups -OCH3 is 1. The predicted octanol–water partition coefficient (Wildman–Crippen LogP) is 3.02. The van der Waals surface area contributed by atoms with Crippen LogP contribution >= 0.6 is 0 Å². The fourth-order valence-corrected chi connectivity index (χ4v) is 4.61. The van der Waals surface area contributed by atoms with E-state index in [0.717, 1.165) is 17.8 Å². The zero-order chi connectivity index (χ0) is 28.6. The van der Waals surface area contributed by atoms with Crippen LogP contribution in [0.3, 0.4) is 0 Å². The van der Waals surface area contributed by atoms with Crippen molar-refractivity contribution in [2.45, 2.75) is 32.0 Å². The van der Waals surface area contributed by atoms with Gasteiger partial charge >= 0.3 is 0 Å². The summed E-state index contributed by atoms with van der Waals surface area (Å²) in [7, 11) is 1.42. The minimum atomic E-state index is -1.54. The van der Waals surface area contributed by atoms with Crippen molar-refractivity contribution in [3.8, 4) is 0 Å². The number of carbonyl (C=O) groups is 2. The lowest BCUT2D eigenvalue weighted by Crippen LogP contribution is -2.64. The molecule has 3 heterocycles. The van der Waals surface area contributed by atoms with E-state index >= 15 is 0 Å². The highest BCUT2D eigenvalue weighted by atomic mass is 19.1. The number of hydrogen-bond donors (Lipinski definition) is 1. The summed E-state index contributed by atoms with van der Waals surface area (Å²) in [5, 5.41) is 3.83. The summed E-state index contributed by atoms with van der Waals surface area (Å²) in [6, 6.07) is 11.0. The molecule has 9 nitrogen and oxygen atoms in total. The highest BCUT2D eigenvalue weighted by Gasteiger charge is 2.46. The number of rotatable bonds is 7. The number of nitrogens with zero attached hydrogens (tertiary/aromatic N) is 3. The minimum absolute atomic E-state index is 0.0153. The van der Waals surface area contributed by atoms with Gasteiger partial charge in [-0.3, -0.25) is 19.1 Å². The summed E-state index contributed by atoms with van der Waals surface area (Å²) in [4.78, 5) is 40.8. The van der Waals surface area contributed by atoms with Crippen molar-refractivity contribution in [2.75, 3.05) is 18.8 Å². The Morgan fingerprint density at radius 3 is 2.48 bits per heavy atom. The van der Waals surface area contributed by atoms with Crippen molar-refractivity contribution in [1.82, 2.24) is 14.9 Å². The number of hydrogen-bond acceptors (Lipinski definition) is 6. The zero-order valence-electron chi connectivity index (χ0n) is 21.6. The van der Waals surface area contributed by atoms with Crippen molar-refractivity contribution >= 4 is 11.8 Å². The van der Waals surface area contributed by atoms with E-state index in [1.165, 1.54) is 16.7 Å². The van der Waals surface area contributed by atoms with Crippen LogP contribution in [0.1, 0.15) is 38.9 Å². The third-order valence-electron chi connectivity index (χ3n) is 6.85. The molecule has 0 saturated carbocycles. The lowest BCUT2D eigenvalue weighted by Gasteiger charge is -2.46. The van der Waals surface area contributed by atoms with Crippen LogP contribution < -0.4 is 15.8 Å². The van der Waals surface area contributed by atoms with Crippen LogP contribution in [0.25, 0.3) is 0 Å². The van der Waals surface area contributed by atoms with E-state index < -0.39 is 58.3 Å². The van der Waals surface area contributed by atoms with Crippen molar-refractivity contribution in [1.29, 1.82) is 0 Å². The van der Waals surface area contributed by atoms with Crippen LogP contribution in [0, 0.1) is 17.5 Å². The molecule has 1 aromatic heterocycles. The molecule has 2 aromatic carbocycles. The molecular formula is C28H25F3N4O5. The number of fused-ring (bicyclic) bond motifs is 4. The molecule has 2 bridgehead atoms. The average Bonchev–Trinajstić information content (AvgIpc) is 3.06. The van der Waals surface area contributed by atoms with Gasteiger partial charge in [-0.25, -0.2) is 18.2 Å². The Morgan fingerprint density at radius 1 is 1.10 bits per heavy atom. The van der Waals surface area contributed by atoms with Gasteiger partial charge in [0.15, 0.2) is 5.43 Å². The third-order valence-corrected chi connectivity index (χ3v) is 6.85. The normalized spacial score (nSPS) is 19.8. The number of carbonyl (C=O) groups excluding carboxylic acids is 2. The molecule has 3 aromatic rings. The van der Waals surface area contributed by atoms with E-state index in [-0.39, 0.29) is 25.0 Å². The number of pyridine rings is 1. The fraction of sp³-hybridized carbons (Fsp3) is 0.250. The van der Waals surface area contributed by atoms with Gasteiger partial charge in [0.1, 0.15) is 35.4 Å². The second-order valence-electron chi connectivity index (χ2n) is 9.34. The monoisotopic (exact) mass is 554 g/mol. The molecule has 0 spiro atoms. The number of aromatic nitrogens is 1. The maximum absolute atomic E-state index is 14.1. The molecule has 0 radical (unpaired) electrons. The summed E-state index contributed by atoms with van der Waals surface area (Å²) in [6.07, 6.45) is 4.56. The molecule has 0 saturated heterocycles. The smallest absolute Gasteiger partial charge is 0.288 e. The van der Waals surface area contributed by atoms with Crippen LogP contribution in [0.2, 0.25) is 0 Å². The number of benzene rings is 2. The van der Waals surface area contributed by atoms with Crippen molar-refractivity contribution < 1.29 is 32.2 Å². The van der Waals surface area contributed by atoms with Crippen molar-refractivity contribution in [3.63, 3.8) is 0 Å². The molecular weight excluding hydrogens is 529 g/mol. The Labute approximate surface area is 227 Å². The molecule has 0 aliphatic carbocycles. The maximum atomic E-state index is 14.1. The van der Waals surface area contributed by atoms with Crippen LogP contribution in [-0.2, 0) is 22.6 Å². The first-order valence-corrected chi connectivity index (χ1v) is 12.3. The van der Waals surface area contributed by atoms with Gasteiger partial charge < -0.3 is 19.7 Å². The average molecular weight is 555 g/mol. The molecule has 2 aliphatic rings. The second-order valence-corrected chi connectivity index (χ2v) is 9.34. The van der Waals surface area contributed by atoms with Gasteiger partial charge in [0.25, 0.3) is 17.7 Å². The van der Waals surface area contributed by atoms with Crippen LogP contribution in [0.5, 0.6) is 0 Å².